The molecule has 3 rings (SSSR count). The van der Waals surface area contributed by atoms with E-state index in [0.717, 1.165) is 5.69 Å². The molecule has 0 atom stereocenters. The van der Waals surface area contributed by atoms with Gasteiger partial charge in [0.25, 0.3) is 0 Å². The normalized spacial score (nSPS) is 16.2. The second kappa shape index (κ2) is 7.20. The molecule has 2 aromatic heterocycles. The molecule has 0 unspecified atom stereocenters. The molecule has 0 spiro atoms. The Morgan fingerprint density at radius 3 is 2.35 bits per heavy atom. The maximum atomic E-state index is 12.9. The van der Waals surface area contributed by atoms with Crippen LogP contribution in [0.1, 0.15) is 18.3 Å². The average molecular weight is 380 g/mol. The van der Waals surface area contributed by atoms with E-state index in [2.05, 4.69) is 10.2 Å². The van der Waals surface area contributed by atoms with Crippen LogP contribution in [0.3, 0.4) is 0 Å². The van der Waals surface area contributed by atoms with Gasteiger partial charge in [0.15, 0.2) is 0 Å². The molecule has 26 heavy (non-hydrogen) atoms. The number of hydrogen-bond donors (Lipinski definition) is 0. The Kier molecular flexibility index (Phi) is 5.15. The van der Waals surface area contributed by atoms with Crippen molar-refractivity contribution in [3.63, 3.8) is 0 Å². The summed E-state index contributed by atoms with van der Waals surface area (Å²) in [6, 6.07) is 1.84. The molecule has 1 amide bonds. The Bertz CT molecular complexity index is 893. The first-order valence-corrected chi connectivity index (χ1v) is 10.1. The van der Waals surface area contributed by atoms with Gasteiger partial charge in [0.1, 0.15) is 11.4 Å². The Labute approximate surface area is 153 Å². The van der Waals surface area contributed by atoms with Crippen LogP contribution in [0, 0.1) is 13.8 Å². The average Bonchev–Trinajstić information content (AvgIpc) is 3.20. The Balaban J connectivity index is 1.63. The lowest BCUT2D eigenvalue weighted by Gasteiger charge is -2.33. The molecule has 2 aromatic rings. The number of carbonyl (C=O) groups excluding carboxylic acids is 1. The van der Waals surface area contributed by atoms with Crippen molar-refractivity contribution in [2.75, 3.05) is 26.2 Å². The molecule has 3 heterocycles. The minimum atomic E-state index is -3.59. The fourth-order valence-electron chi connectivity index (χ4n) is 3.02. The van der Waals surface area contributed by atoms with E-state index in [9.17, 15) is 13.2 Å². The molecule has 0 radical (unpaired) electrons. The quantitative estimate of drug-likeness (QED) is 0.741. The number of carbonyl (C=O) groups is 1. The van der Waals surface area contributed by atoms with Gasteiger partial charge in [-0.25, -0.2) is 8.42 Å². The molecule has 1 saturated heterocycles. The Morgan fingerprint density at radius 1 is 1.12 bits per heavy atom. The fraction of sp³-hybridized carbons (Fsp3) is 0.562. The van der Waals surface area contributed by atoms with Crippen molar-refractivity contribution in [2.45, 2.75) is 38.8 Å². The van der Waals surface area contributed by atoms with Gasteiger partial charge < -0.3 is 4.90 Å². The highest BCUT2D eigenvalue weighted by Gasteiger charge is 2.32. The fourth-order valence-corrected chi connectivity index (χ4v) is 4.61. The van der Waals surface area contributed by atoms with Gasteiger partial charge in [-0.1, -0.05) is 0 Å². The largest absolute Gasteiger partial charge is 0.338 e. The molecule has 1 aliphatic heterocycles. The Hall–Kier alpha value is -2.20. The first-order valence-electron chi connectivity index (χ1n) is 8.63. The van der Waals surface area contributed by atoms with Crippen LogP contribution in [0.15, 0.2) is 23.4 Å². The van der Waals surface area contributed by atoms with Gasteiger partial charge in [-0.05, 0) is 26.8 Å². The first kappa shape index (κ1) is 18.6. The van der Waals surface area contributed by atoms with Gasteiger partial charge in [-0.15, -0.1) is 0 Å². The third-order valence-electron chi connectivity index (χ3n) is 4.51. The van der Waals surface area contributed by atoms with E-state index in [-0.39, 0.29) is 30.4 Å². The summed E-state index contributed by atoms with van der Waals surface area (Å²) in [6.07, 6.45) is 3.34. The van der Waals surface area contributed by atoms with Gasteiger partial charge in [0.2, 0.25) is 15.9 Å². The monoisotopic (exact) mass is 380 g/mol. The van der Waals surface area contributed by atoms with Crippen molar-refractivity contribution in [1.82, 2.24) is 28.8 Å². The summed E-state index contributed by atoms with van der Waals surface area (Å²) in [4.78, 5) is 14.3. The molecule has 142 valence electrons. The summed E-state index contributed by atoms with van der Waals surface area (Å²) in [7, 11) is -3.59. The third kappa shape index (κ3) is 3.65. The van der Waals surface area contributed by atoms with Crippen LogP contribution in [0.2, 0.25) is 0 Å². The highest BCUT2D eigenvalue weighted by molar-refractivity contribution is 7.89. The molecule has 0 aromatic carbocycles. The van der Waals surface area contributed by atoms with Crippen LogP contribution in [-0.4, -0.2) is 69.3 Å². The smallest absolute Gasteiger partial charge is 0.246 e. The van der Waals surface area contributed by atoms with Crippen molar-refractivity contribution >= 4 is 15.9 Å². The van der Waals surface area contributed by atoms with Crippen molar-refractivity contribution in [2.24, 2.45) is 0 Å². The first-order chi connectivity index (χ1) is 12.3. The maximum Gasteiger partial charge on any atom is 0.246 e. The van der Waals surface area contributed by atoms with Crippen LogP contribution < -0.4 is 0 Å². The number of rotatable bonds is 5. The molecule has 0 N–H and O–H groups in total. The van der Waals surface area contributed by atoms with Crippen LogP contribution in [-0.2, 0) is 27.9 Å². The zero-order valence-corrected chi connectivity index (χ0v) is 16.1. The summed E-state index contributed by atoms with van der Waals surface area (Å²) in [6.45, 7) is 7.57. The number of aryl methyl sites for hydroxylation is 3. The molecule has 0 bridgehead atoms. The predicted molar refractivity (Wildman–Crippen MR) is 94.9 cm³/mol. The summed E-state index contributed by atoms with van der Waals surface area (Å²) in [5, 5.41) is 8.43. The zero-order valence-electron chi connectivity index (χ0n) is 15.3. The van der Waals surface area contributed by atoms with Gasteiger partial charge >= 0.3 is 0 Å². The van der Waals surface area contributed by atoms with E-state index in [1.54, 1.807) is 33.6 Å². The van der Waals surface area contributed by atoms with E-state index >= 15 is 0 Å². The summed E-state index contributed by atoms with van der Waals surface area (Å²) < 4.78 is 30.4. The molecule has 0 saturated carbocycles. The summed E-state index contributed by atoms with van der Waals surface area (Å²) in [5.74, 6) is -0.0554. The molecule has 1 fully saturated rings. The summed E-state index contributed by atoms with van der Waals surface area (Å²) >= 11 is 0. The SMILES string of the molecule is CCn1cc(S(=O)(=O)N2CCN(C(=O)Cn3ccc(C)n3)CC2)c(C)n1. The second-order valence-corrected chi connectivity index (χ2v) is 8.28. The maximum absolute atomic E-state index is 12.9. The predicted octanol–water partition coefficient (Wildman–Crippen LogP) is 0.249. The highest BCUT2D eigenvalue weighted by Crippen LogP contribution is 2.20. The molecule has 9 nitrogen and oxygen atoms in total. The van der Waals surface area contributed by atoms with Crippen LogP contribution in [0.5, 0.6) is 0 Å². The third-order valence-corrected chi connectivity index (χ3v) is 6.51. The number of nitrogens with zero attached hydrogens (tertiary/aromatic N) is 6. The number of amides is 1. The molecule has 0 aliphatic carbocycles. The topological polar surface area (TPSA) is 93.3 Å². The van der Waals surface area contributed by atoms with Gasteiger partial charge in [-0.2, -0.15) is 14.5 Å². The number of hydrogen-bond acceptors (Lipinski definition) is 5. The van der Waals surface area contributed by atoms with Crippen molar-refractivity contribution in [1.29, 1.82) is 0 Å². The molecular weight excluding hydrogens is 356 g/mol. The van der Waals surface area contributed by atoms with Crippen LogP contribution >= 0.6 is 0 Å². The minimum Gasteiger partial charge on any atom is -0.338 e. The van der Waals surface area contributed by atoms with E-state index in [1.165, 1.54) is 4.31 Å². The lowest BCUT2D eigenvalue weighted by molar-refractivity contribution is -0.133. The highest BCUT2D eigenvalue weighted by atomic mass is 32.2. The Morgan fingerprint density at radius 2 is 1.81 bits per heavy atom. The summed E-state index contributed by atoms with van der Waals surface area (Å²) in [5.41, 5.74) is 1.36. The zero-order chi connectivity index (χ0) is 18.9. The van der Waals surface area contributed by atoms with Gasteiger partial charge in [-0.3, -0.25) is 14.2 Å². The number of piperazine rings is 1. The molecule has 1 aliphatic rings. The van der Waals surface area contributed by atoms with Crippen LogP contribution in [0.25, 0.3) is 0 Å². The number of sulfonamides is 1. The second-order valence-electron chi connectivity index (χ2n) is 6.37. The van der Waals surface area contributed by atoms with Gasteiger partial charge in [0, 0.05) is 45.1 Å². The van der Waals surface area contributed by atoms with E-state index in [4.69, 9.17) is 0 Å². The van der Waals surface area contributed by atoms with E-state index < -0.39 is 10.0 Å². The lowest BCUT2D eigenvalue weighted by atomic mass is 10.3. The van der Waals surface area contributed by atoms with Crippen LogP contribution in [0.4, 0.5) is 0 Å². The van der Waals surface area contributed by atoms with E-state index in [1.807, 2.05) is 19.9 Å². The number of aromatic nitrogens is 4. The molecular formula is C16H24N6O3S. The van der Waals surface area contributed by atoms with Gasteiger partial charge in [0.05, 0.1) is 11.4 Å². The van der Waals surface area contributed by atoms with Crippen molar-refractivity contribution in [3.05, 3.63) is 29.8 Å². The standard InChI is InChI=1S/C16H24N6O3S/c1-4-20-11-15(14(3)18-20)26(24,25)22-9-7-19(8-10-22)16(23)12-21-6-5-13(2)17-21/h5-6,11H,4,7-10,12H2,1-3H3. The minimum absolute atomic E-state index is 0.0554. The van der Waals surface area contributed by atoms with Crippen molar-refractivity contribution in [3.8, 4) is 0 Å². The van der Waals surface area contributed by atoms with Crippen molar-refractivity contribution < 1.29 is 13.2 Å². The molecule has 10 heteroatoms. The van der Waals surface area contributed by atoms with E-state index in [0.29, 0.717) is 25.3 Å². The lowest BCUT2D eigenvalue weighted by Crippen LogP contribution is -2.51.